The number of benzene rings is 1. The summed E-state index contributed by atoms with van der Waals surface area (Å²) in [6.45, 7) is 2.86. The van der Waals surface area contributed by atoms with Crippen LogP contribution in [0.5, 0.6) is 0 Å². The summed E-state index contributed by atoms with van der Waals surface area (Å²) in [6, 6.07) is 6.08. The molecule has 0 saturated heterocycles. The molecule has 1 atom stereocenters. The van der Waals surface area contributed by atoms with Crippen LogP contribution in [-0.2, 0) is 0 Å². The number of anilines is 1. The first-order valence-electron chi connectivity index (χ1n) is 8.76. The molecule has 1 unspecified atom stereocenters. The van der Waals surface area contributed by atoms with Crippen LogP contribution in [0.1, 0.15) is 37.1 Å². The van der Waals surface area contributed by atoms with Gasteiger partial charge in [0, 0.05) is 5.92 Å². The zero-order valence-corrected chi connectivity index (χ0v) is 14.8. The highest BCUT2D eigenvalue weighted by Crippen LogP contribution is 2.43. The smallest absolute Gasteiger partial charge is 0.230 e. The second kappa shape index (κ2) is 4.94. The lowest BCUT2D eigenvalue weighted by Crippen LogP contribution is -2.40. The third kappa shape index (κ3) is 1.83. The molecule has 2 aromatic heterocycles. The zero-order chi connectivity index (χ0) is 17.4. The van der Waals surface area contributed by atoms with Crippen LogP contribution < -0.4 is 4.90 Å². The number of rotatable bonds is 2. The maximum Gasteiger partial charge on any atom is 0.230 e. The van der Waals surface area contributed by atoms with Crippen molar-refractivity contribution in [2.24, 2.45) is 4.99 Å². The normalized spacial score (nSPS) is 20.6. The summed E-state index contributed by atoms with van der Waals surface area (Å²) in [5, 5.41) is 4.88. The van der Waals surface area contributed by atoms with Gasteiger partial charge in [0.2, 0.25) is 11.7 Å². The largest absolute Gasteiger partial charge is 0.339 e. The van der Waals surface area contributed by atoms with Gasteiger partial charge in [0.1, 0.15) is 12.2 Å². The summed E-state index contributed by atoms with van der Waals surface area (Å²) in [5.74, 6) is 3.47. The number of hydrogen-bond donors (Lipinski definition) is 0. The van der Waals surface area contributed by atoms with Crippen LogP contribution in [0.2, 0.25) is 5.02 Å². The van der Waals surface area contributed by atoms with Gasteiger partial charge in [-0.2, -0.15) is 4.98 Å². The summed E-state index contributed by atoms with van der Waals surface area (Å²) in [6.07, 6.45) is 4.04. The molecule has 0 radical (unpaired) electrons. The van der Waals surface area contributed by atoms with E-state index >= 15 is 0 Å². The van der Waals surface area contributed by atoms with E-state index in [1.165, 1.54) is 0 Å². The minimum Gasteiger partial charge on any atom is -0.339 e. The molecule has 3 aromatic rings. The Bertz CT molecular complexity index is 1080. The third-order valence-corrected chi connectivity index (χ3v) is 5.51. The van der Waals surface area contributed by atoms with E-state index in [0.29, 0.717) is 34.9 Å². The maximum atomic E-state index is 6.51. The van der Waals surface area contributed by atoms with Crippen molar-refractivity contribution in [2.45, 2.75) is 31.7 Å². The van der Waals surface area contributed by atoms with Crippen molar-refractivity contribution in [3.8, 4) is 17.2 Å². The Kier molecular flexibility index (Phi) is 2.76. The van der Waals surface area contributed by atoms with Gasteiger partial charge in [0.15, 0.2) is 11.5 Å². The first kappa shape index (κ1) is 14.5. The summed E-state index contributed by atoms with van der Waals surface area (Å²) < 4.78 is 7.50. The van der Waals surface area contributed by atoms with Gasteiger partial charge in [-0.15, -0.1) is 0 Å². The number of aromatic nitrogens is 4. The van der Waals surface area contributed by atoms with Crippen LogP contribution in [0.3, 0.4) is 0 Å². The zero-order valence-electron chi connectivity index (χ0n) is 14.1. The van der Waals surface area contributed by atoms with Crippen molar-refractivity contribution in [1.29, 1.82) is 0 Å². The maximum absolute atomic E-state index is 6.51. The van der Waals surface area contributed by atoms with Crippen molar-refractivity contribution in [1.82, 2.24) is 19.7 Å². The van der Waals surface area contributed by atoms with E-state index in [-0.39, 0.29) is 6.04 Å². The average molecular weight is 367 g/mol. The molecule has 2 aliphatic heterocycles. The van der Waals surface area contributed by atoms with E-state index in [4.69, 9.17) is 21.1 Å². The summed E-state index contributed by atoms with van der Waals surface area (Å²) in [7, 11) is 0. The number of halogens is 1. The molecule has 26 heavy (non-hydrogen) atoms. The van der Waals surface area contributed by atoms with E-state index in [1.54, 1.807) is 6.33 Å². The Morgan fingerprint density at radius 1 is 1.27 bits per heavy atom. The monoisotopic (exact) mass is 366 g/mol. The van der Waals surface area contributed by atoms with Crippen LogP contribution in [-0.4, -0.2) is 38.1 Å². The fourth-order valence-electron chi connectivity index (χ4n) is 3.76. The molecule has 0 spiro atoms. The Labute approximate surface area is 154 Å². The van der Waals surface area contributed by atoms with Crippen LogP contribution >= 0.6 is 11.6 Å². The second-order valence-electron chi connectivity index (χ2n) is 7.03. The van der Waals surface area contributed by atoms with Gasteiger partial charge in [-0.05, 0) is 31.9 Å². The molecule has 130 valence electrons. The van der Waals surface area contributed by atoms with Gasteiger partial charge in [-0.3, -0.25) is 9.56 Å². The van der Waals surface area contributed by atoms with Crippen molar-refractivity contribution < 1.29 is 4.52 Å². The lowest BCUT2D eigenvalue weighted by atomic mass is 10.1. The number of fused-ring (bicyclic) bond motifs is 6. The molecule has 1 aromatic carbocycles. The van der Waals surface area contributed by atoms with Crippen molar-refractivity contribution in [3.63, 3.8) is 0 Å². The van der Waals surface area contributed by atoms with Crippen LogP contribution in [0, 0.1) is 0 Å². The molecule has 1 aliphatic carbocycles. The number of nitrogens with zero attached hydrogens (tertiary/aromatic N) is 6. The van der Waals surface area contributed by atoms with Gasteiger partial charge in [-0.1, -0.05) is 22.8 Å². The van der Waals surface area contributed by atoms with Crippen molar-refractivity contribution in [2.75, 3.05) is 11.4 Å². The minimum atomic E-state index is 0.207. The predicted octanol–water partition coefficient (Wildman–Crippen LogP) is 3.42. The molecule has 0 bridgehead atoms. The lowest BCUT2D eigenvalue weighted by molar-refractivity contribution is 0.380. The van der Waals surface area contributed by atoms with Crippen LogP contribution in [0.4, 0.5) is 5.82 Å². The number of imidazole rings is 1. The molecule has 0 amide bonds. The summed E-state index contributed by atoms with van der Waals surface area (Å²) in [4.78, 5) is 16.1. The molecule has 8 heteroatoms. The fourth-order valence-corrected chi connectivity index (χ4v) is 4.02. The number of hydrogen-bond acceptors (Lipinski definition) is 6. The summed E-state index contributed by atoms with van der Waals surface area (Å²) >= 11 is 6.51. The first-order valence-corrected chi connectivity index (χ1v) is 9.14. The molecule has 3 aliphatic rings. The molecular formula is C18H15ClN6O. The van der Waals surface area contributed by atoms with Gasteiger partial charge in [-0.25, -0.2) is 4.98 Å². The predicted molar refractivity (Wildman–Crippen MR) is 97.2 cm³/mol. The van der Waals surface area contributed by atoms with Gasteiger partial charge >= 0.3 is 0 Å². The highest BCUT2D eigenvalue weighted by Gasteiger charge is 2.39. The second-order valence-corrected chi connectivity index (χ2v) is 7.44. The quantitative estimate of drug-likeness (QED) is 0.694. The van der Waals surface area contributed by atoms with Gasteiger partial charge in [0.25, 0.3) is 0 Å². The molecular weight excluding hydrogens is 352 g/mol. The topological polar surface area (TPSA) is 72.3 Å². The molecule has 1 saturated carbocycles. The molecule has 6 rings (SSSR count). The number of aliphatic imine (C=N–C) groups is 1. The lowest BCUT2D eigenvalue weighted by Gasteiger charge is -2.32. The Hall–Kier alpha value is -2.67. The molecule has 7 nitrogen and oxygen atoms in total. The molecule has 4 heterocycles. The van der Waals surface area contributed by atoms with Crippen LogP contribution in [0.25, 0.3) is 17.2 Å². The highest BCUT2D eigenvalue weighted by atomic mass is 35.5. The van der Waals surface area contributed by atoms with Gasteiger partial charge in [0.05, 0.1) is 28.9 Å². The highest BCUT2D eigenvalue weighted by molar-refractivity contribution is 6.36. The third-order valence-electron chi connectivity index (χ3n) is 5.20. The van der Waals surface area contributed by atoms with E-state index in [2.05, 4.69) is 26.9 Å². The van der Waals surface area contributed by atoms with Gasteiger partial charge < -0.3 is 9.42 Å². The number of amidine groups is 1. The summed E-state index contributed by atoms with van der Waals surface area (Å²) in [5.41, 5.74) is 2.63. The first-order chi connectivity index (χ1) is 12.7. The van der Waals surface area contributed by atoms with E-state index in [9.17, 15) is 0 Å². The fraction of sp³-hybridized carbons (Fsp3) is 0.333. The molecule has 1 fully saturated rings. The Morgan fingerprint density at radius 3 is 3.00 bits per heavy atom. The molecule has 0 N–H and O–H groups in total. The van der Waals surface area contributed by atoms with Crippen molar-refractivity contribution in [3.05, 3.63) is 41.0 Å². The SMILES string of the molecule is CC1CN=C2c3c(Cl)cccc3-n3cnc(-c4noc(C5CC5)n4)c3N21. The Balaban J connectivity index is 1.59. The van der Waals surface area contributed by atoms with E-state index in [1.807, 2.05) is 22.8 Å². The standard InChI is InChI=1S/C18H15ClN6O/c1-9-7-20-16-13-11(19)3-2-4-12(13)24-8-21-14(18(24)25(9)16)15-22-17(26-23-15)10-5-6-10/h2-4,8-10H,5-7H2,1H3. The Morgan fingerprint density at radius 2 is 2.15 bits per heavy atom. The minimum absolute atomic E-state index is 0.207. The van der Waals surface area contributed by atoms with E-state index in [0.717, 1.165) is 35.7 Å². The van der Waals surface area contributed by atoms with Crippen LogP contribution in [0.15, 0.2) is 34.0 Å². The van der Waals surface area contributed by atoms with Crippen molar-refractivity contribution >= 4 is 23.3 Å². The van der Waals surface area contributed by atoms with E-state index < -0.39 is 0 Å². The average Bonchev–Trinajstić information content (AvgIpc) is 3.04.